The number of carbonyl (C=O) groups is 1. The van der Waals surface area contributed by atoms with Crippen molar-refractivity contribution in [3.63, 3.8) is 0 Å². The van der Waals surface area contributed by atoms with Crippen molar-refractivity contribution in [3.05, 3.63) is 35.9 Å². The maximum Gasteiger partial charge on any atom is 0.410 e. The molecule has 0 spiro atoms. The van der Waals surface area contributed by atoms with Crippen LogP contribution in [0, 0.1) is 11.8 Å². The molecule has 5 nitrogen and oxygen atoms in total. The van der Waals surface area contributed by atoms with Crippen LogP contribution >= 0.6 is 0 Å². The van der Waals surface area contributed by atoms with E-state index in [1.165, 1.54) is 0 Å². The van der Waals surface area contributed by atoms with Gasteiger partial charge in [-0.1, -0.05) is 30.0 Å². The molecule has 1 aromatic carbocycles. The third kappa shape index (κ3) is 2.93. The summed E-state index contributed by atoms with van der Waals surface area (Å²) in [4.78, 5) is 12.4. The molecular weight excluding hydrogens is 258 g/mol. The number of carboxylic acid groups (broad SMARTS) is 1. The predicted molar refractivity (Wildman–Crippen MR) is 73.0 cm³/mol. The first-order valence-electron chi connectivity index (χ1n) is 6.33. The van der Waals surface area contributed by atoms with E-state index < -0.39 is 24.0 Å². The van der Waals surface area contributed by atoms with E-state index in [2.05, 4.69) is 11.8 Å². The van der Waals surface area contributed by atoms with Crippen molar-refractivity contribution < 1.29 is 19.7 Å². The summed E-state index contributed by atoms with van der Waals surface area (Å²) in [5.41, 5.74) is -0.182. The van der Waals surface area contributed by atoms with Gasteiger partial charge in [-0.2, -0.15) is 0 Å². The van der Waals surface area contributed by atoms with Crippen LogP contribution in [0.2, 0.25) is 0 Å². The fourth-order valence-electron chi connectivity index (χ4n) is 2.21. The quantitative estimate of drug-likeness (QED) is 0.762. The normalized spacial score (nSPS) is 21.9. The first kappa shape index (κ1) is 14.4. The highest BCUT2D eigenvalue weighted by molar-refractivity contribution is 5.67. The van der Waals surface area contributed by atoms with E-state index >= 15 is 0 Å². The van der Waals surface area contributed by atoms with Gasteiger partial charge in [0.1, 0.15) is 11.8 Å². The number of hydrogen-bond donors (Lipinski definition) is 2. The average molecular weight is 275 g/mol. The molecule has 1 aliphatic rings. The third-order valence-corrected chi connectivity index (χ3v) is 3.23. The van der Waals surface area contributed by atoms with Crippen LogP contribution in [0.1, 0.15) is 19.4 Å². The molecule has 2 atom stereocenters. The molecule has 0 aliphatic carbocycles. The van der Waals surface area contributed by atoms with Gasteiger partial charge in [0.05, 0.1) is 12.6 Å². The first-order valence-corrected chi connectivity index (χ1v) is 6.33. The van der Waals surface area contributed by atoms with Gasteiger partial charge in [0.25, 0.3) is 0 Å². The van der Waals surface area contributed by atoms with E-state index in [0.717, 1.165) is 10.5 Å². The zero-order valence-corrected chi connectivity index (χ0v) is 11.4. The first-order chi connectivity index (χ1) is 9.42. The molecule has 1 aromatic rings. The molecule has 1 amide bonds. The summed E-state index contributed by atoms with van der Waals surface area (Å²) >= 11 is 0. The number of benzene rings is 1. The van der Waals surface area contributed by atoms with Crippen LogP contribution < -0.4 is 0 Å². The van der Waals surface area contributed by atoms with Crippen molar-refractivity contribution in [2.45, 2.75) is 31.7 Å². The van der Waals surface area contributed by atoms with Crippen molar-refractivity contribution in [2.24, 2.45) is 0 Å². The minimum Gasteiger partial charge on any atom is -0.465 e. The Morgan fingerprint density at radius 2 is 2.10 bits per heavy atom. The molecule has 5 heteroatoms. The zero-order valence-electron chi connectivity index (χ0n) is 11.4. The lowest BCUT2D eigenvalue weighted by Crippen LogP contribution is -2.51. The van der Waals surface area contributed by atoms with Gasteiger partial charge in [-0.05, 0) is 26.0 Å². The van der Waals surface area contributed by atoms with Crippen LogP contribution in [-0.2, 0) is 4.74 Å². The van der Waals surface area contributed by atoms with Crippen LogP contribution in [0.3, 0.4) is 0 Å². The van der Waals surface area contributed by atoms with Gasteiger partial charge in [0, 0.05) is 5.56 Å². The van der Waals surface area contributed by atoms with Crippen molar-refractivity contribution in [3.8, 4) is 11.8 Å². The SMILES string of the molecule is CC1(C)OC[C@@H]([C@H](O)C#Cc2ccccc2)N1C(=O)O. The van der Waals surface area contributed by atoms with Gasteiger partial charge in [-0.15, -0.1) is 0 Å². The Labute approximate surface area is 117 Å². The van der Waals surface area contributed by atoms with Crippen molar-refractivity contribution in [1.29, 1.82) is 0 Å². The molecular formula is C15H17NO4. The topological polar surface area (TPSA) is 70.0 Å². The van der Waals surface area contributed by atoms with E-state index in [9.17, 15) is 15.0 Å². The molecule has 1 aliphatic heterocycles. The van der Waals surface area contributed by atoms with Gasteiger partial charge in [-0.25, -0.2) is 4.79 Å². The Bertz CT molecular complexity index is 544. The van der Waals surface area contributed by atoms with Crippen molar-refractivity contribution >= 4 is 6.09 Å². The summed E-state index contributed by atoms with van der Waals surface area (Å²) < 4.78 is 5.42. The van der Waals surface area contributed by atoms with Gasteiger partial charge in [0.15, 0.2) is 0 Å². The van der Waals surface area contributed by atoms with Crippen LogP contribution in [0.25, 0.3) is 0 Å². The zero-order chi connectivity index (χ0) is 14.8. The van der Waals surface area contributed by atoms with E-state index in [1.54, 1.807) is 13.8 Å². The van der Waals surface area contributed by atoms with Crippen molar-refractivity contribution in [2.75, 3.05) is 6.61 Å². The number of nitrogens with zero attached hydrogens (tertiary/aromatic N) is 1. The van der Waals surface area contributed by atoms with Gasteiger partial charge < -0.3 is 14.9 Å². The predicted octanol–water partition coefficient (Wildman–Crippen LogP) is 1.51. The summed E-state index contributed by atoms with van der Waals surface area (Å²) in [5.74, 6) is 5.52. The molecule has 0 bridgehead atoms. The fourth-order valence-corrected chi connectivity index (χ4v) is 2.21. The Hall–Kier alpha value is -2.03. The number of hydrogen-bond acceptors (Lipinski definition) is 3. The second kappa shape index (κ2) is 5.53. The molecule has 2 rings (SSSR count). The van der Waals surface area contributed by atoms with E-state index in [-0.39, 0.29) is 6.61 Å². The highest BCUT2D eigenvalue weighted by Crippen LogP contribution is 2.28. The largest absolute Gasteiger partial charge is 0.465 e. The lowest BCUT2D eigenvalue weighted by atomic mass is 10.1. The highest BCUT2D eigenvalue weighted by atomic mass is 16.5. The summed E-state index contributed by atoms with van der Waals surface area (Å²) in [5, 5.41) is 19.3. The smallest absolute Gasteiger partial charge is 0.410 e. The molecule has 20 heavy (non-hydrogen) atoms. The Morgan fingerprint density at radius 3 is 2.70 bits per heavy atom. The van der Waals surface area contributed by atoms with Crippen LogP contribution in [0.5, 0.6) is 0 Å². The highest BCUT2D eigenvalue weighted by Gasteiger charge is 2.46. The van der Waals surface area contributed by atoms with Crippen molar-refractivity contribution in [1.82, 2.24) is 4.90 Å². The maximum atomic E-state index is 11.3. The molecule has 0 saturated carbocycles. The molecule has 106 valence electrons. The van der Waals surface area contributed by atoms with Crippen LogP contribution in [0.15, 0.2) is 30.3 Å². The average Bonchev–Trinajstić information content (AvgIpc) is 2.73. The standard InChI is InChI=1S/C15H17NO4/c1-15(2)16(14(18)19)12(10-20-15)13(17)9-8-11-6-4-3-5-7-11/h3-7,12-13,17H,10H2,1-2H3,(H,18,19)/t12-,13+/m0/s1. The summed E-state index contributed by atoms with van der Waals surface area (Å²) in [6.07, 6.45) is -2.22. The van der Waals surface area contributed by atoms with E-state index in [1.807, 2.05) is 30.3 Å². The summed E-state index contributed by atoms with van der Waals surface area (Å²) in [7, 11) is 0. The van der Waals surface area contributed by atoms with Gasteiger partial charge in [0.2, 0.25) is 0 Å². The molecule has 2 N–H and O–H groups in total. The minimum atomic E-state index is -1.13. The monoisotopic (exact) mass is 275 g/mol. The van der Waals surface area contributed by atoms with E-state index in [0.29, 0.717) is 0 Å². The number of aliphatic hydroxyl groups is 1. The van der Waals surface area contributed by atoms with Crippen LogP contribution in [-0.4, -0.2) is 45.7 Å². The van der Waals surface area contributed by atoms with Crippen LogP contribution in [0.4, 0.5) is 4.79 Å². The molecule has 0 unspecified atom stereocenters. The summed E-state index contributed by atoms with van der Waals surface area (Å²) in [6.45, 7) is 3.43. The molecule has 1 fully saturated rings. The van der Waals surface area contributed by atoms with E-state index in [4.69, 9.17) is 4.74 Å². The van der Waals surface area contributed by atoms with Gasteiger partial charge in [-0.3, -0.25) is 4.90 Å². The number of amides is 1. The molecule has 1 heterocycles. The Morgan fingerprint density at radius 1 is 1.45 bits per heavy atom. The maximum absolute atomic E-state index is 11.3. The summed E-state index contributed by atoms with van der Waals surface area (Å²) in [6, 6.07) is 8.54. The minimum absolute atomic E-state index is 0.129. The molecule has 0 aromatic heterocycles. The van der Waals surface area contributed by atoms with Gasteiger partial charge >= 0.3 is 6.09 Å². The molecule has 0 radical (unpaired) electrons. The third-order valence-electron chi connectivity index (χ3n) is 3.23. The second-order valence-corrected chi connectivity index (χ2v) is 5.06. The number of aliphatic hydroxyl groups excluding tert-OH is 1. The fraction of sp³-hybridized carbons (Fsp3) is 0.400. The number of ether oxygens (including phenoxy) is 1. The lowest BCUT2D eigenvalue weighted by molar-refractivity contribution is -0.0447. The second-order valence-electron chi connectivity index (χ2n) is 5.06. The Kier molecular flexibility index (Phi) is 3.98. The lowest BCUT2D eigenvalue weighted by Gasteiger charge is -2.31. The Balaban J connectivity index is 2.16. The molecule has 1 saturated heterocycles. The number of rotatable bonds is 1.